The molecule has 16 heavy (non-hydrogen) atoms. The zero-order valence-corrected chi connectivity index (χ0v) is 9.14. The number of carbonyl (C=O) groups is 1. The van der Waals surface area contributed by atoms with E-state index in [1.165, 1.54) is 0 Å². The molecule has 0 aromatic carbocycles. The highest BCUT2D eigenvalue weighted by Gasteiger charge is 2.09. The lowest BCUT2D eigenvalue weighted by Gasteiger charge is -2.06. The molecule has 0 aliphatic rings. The van der Waals surface area contributed by atoms with E-state index >= 15 is 0 Å². The average molecular weight is 213 g/mol. The molecular formula is C12H11N3O. The number of hydrogen-bond donors (Lipinski definition) is 0. The van der Waals surface area contributed by atoms with Crippen LogP contribution in [0.2, 0.25) is 0 Å². The van der Waals surface area contributed by atoms with Crippen molar-refractivity contribution in [2.45, 2.75) is 13.8 Å². The van der Waals surface area contributed by atoms with Gasteiger partial charge in [-0.05, 0) is 31.5 Å². The minimum atomic E-state index is 0.198. The van der Waals surface area contributed by atoms with Crippen LogP contribution in [-0.2, 0) is 0 Å². The molecule has 0 unspecified atom stereocenters. The van der Waals surface area contributed by atoms with Gasteiger partial charge in [0.2, 0.25) is 0 Å². The fourth-order valence-corrected chi connectivity index (χ4v) is 1.46. The van der Waals surface area contributed by atoms with E-state index in [0.717, 1.165) is 22.6 Å². The molecule has 4 nitrogen and oxygen atoms in total. The predicted molar refractivity (Wildman–Crippen MR) is 60.1 cm³/mol. The summed E-state index contributed by atoms with van der Waals surface area (Å²) in [6.45, 7) is 3.78. The molecule has 80 valence electrons. The Kier molecular flexibility index (Phi) is 2.72. The quantitative estimate of drug-likeness (QED) is 0.715. The Balaban J connectivity index is 2.64. The van der Waals surface area contributed by atoms with Gasteiger partial charge in [-0.3, -0.25) is 9.78 Å². The Morgan fingerprint density at radius 2 is 2.00 bits per heavy atom. The maximum absolute atomic E-state index is 10.7. The van der Waals surface area contributed by atoms with E-state index in [-0.39, 0.29) is 5.82 Å². The molecule has 0 saturated carbocycles. The van der Waals surface area contributed by atoms with Crippen LogP contribution in [0.1, 0.15) is 21.9 Å². The number of hydrogen-bond acceptors (Lipinski definition) is 4. The minimum Gasteiger partial charge on any atom is -0.294 e. The number of aryl methyl sites for hydroxylation is 1. The lowest BCUT2D eigenvalue weighted by Crippen LogP contribution is -2.02. The molecule has 2 aromatic heterocycles. The molecule has 0 N–H and O–H groups in total. The molecule has 0 saturated heterocycles. The fourth-order valence-electron chi connectivity index (χ4n) is 1.46. The normalized spacial score (nSPS) is 10.1. The molecule has 0 atom stereocenters. The first-order valence-electron chi connectivity index (χ1n) is 4.94. The summed E-state index contributed by atoms with van der Waals surface area (Å²) in [5.41, 5.74) is 3.23. The first kappa shape index (κ1) is 10.4. The van der Waals surface area contributed by atoms with Crippen molar-refractivity contribution in [1.82, 2.24) is 15.0 Å². The van der Waals surface area contributed by atoms with E-state index in [9.17, 15) is 4.79 Å². The molecule has 0 amide bonds. The van der Waals surface area contributed by atoms with Gasteiger partial charge < -0.3 is 0 Å². The van der Waals surface area contributed by atoms with Gasteiger partial charge in [0, 0.05) is 11.9 Å². The standard InChI is InChI=1S/C12H11N3O/c1-8-9(2)14-11(7-16)15-12(8)10-5-3-4-6-13-10/h3-7H,1-2H3. The molecular weight excluding hydrogens is 202 g/mol. The third-order valence-electron chi connectivity index (χ3n) is 2.42. The van der Waals surface area contributed by atoms with Crippen LogP contribution in [0.3, 0.4) is 0 Å². The van der Waals surface area contributed by atoms with Gasteiger partial charge in [0.1, 0.15) is 0 Å². The second-order valence-corrected chi connectivity index (χ2v) is 3.47. The Labute approximate surface area is 93.4 Å². The maximum Gasteiger partial charge on any atom is 0.193 e. The van der Waals surface area contributed by atoms with Crippen molar-refractivity contribution in [3.63, 3.8) is 0 Å². The Hall–Kier alpha value is -2.10. The van der Waals surface area contributed by atoms with Gasteiger partial charge in [0.25, 0.3) is 0 Å². The first-order valence-corrected chi connectivity index (χ1v) is 4.94. The van der Waals surface area contributed by atoms with Crippen LogP contribution < -0.4 is 0 Å². The van der Waals surface area contributed by atoms with Crippen molar-refractivity contribution in [3.8, 4) is 11.4 Å². The van der Waals surface area contributed by atoms with Gasteiger partial charge in [0.15, 0.2) is 12.1 Å². The van der Waals surface area contributed by atoms with Gasteiger partial charge in [-0.15, -0.1) is 0 Å². The smallest absolute Gasteiger partial charge is 0.193 e. The second kappa shape index (κ2) is 4.18. The largest absolute Gasteiger partial charge is 0.294 e. The van der Waals surface area contributed by atoms with Gasteiger partial charge in [-0.2, -0.15) is 0 Å². The summed E-state index contributed by atoms with van der Waals surface area (Å²) in [4.78, 5) is 23.2. The second-order valence-electron chi connectivity index (χ2n) is 3.47. The molecule has 0 bridgehead atoms. The van der Waals surface area contributed by atoms with E-state index < -0.39 is 0 Å². The number of rotatable bonds is 2. The molecule has 0 fully saturated rings. The van der Waals surface area contributed by atoms with Crippen LogP contribution in [0.15, 0.2) is 24.4 Å². The zero-order chi connectivity index (χ0) is 11.5. The topological polar surface area (TPSA) is 55.7 Å². The predicted octanol–water partition coefficient (Wildman–Crippen LogP) is 1.97. The van der Waals surface area contributed by atoms with E-state index in [1.54, 1.807) is 6.20 Å². The summed E-state index contributed by atoms with van der Waals surface area (Å²) in [6, 6.07) is 5.59. The van der Waals surface area contributed by atoms with E-state index in [1.807, 2.05) is 32.0 Å². The molecule has 0 radical (unpaired) electrons. The Morgan fingerprint density at radius 3 is 2.62 bits per heavy atom. The van der Waals surface area contributed by atoms with Crippen LogP contribution in [0.25, 0.3) is 11.4 Å². The molecule has 0 spiro atoms. The van der Waals surface area contributed by atoms with E-state index in [0.29, 0.717) is 6.29 Å². The molecule has 0 aliphatic heterocycles. The summed E-state index contributed by atoms with van der Waals surface area (Å²) >= 11 is 0. The van der Waals surface area contributed by atoms with Crippen LogP contribution in [0.4, 0.5) is 0 Å². The van der Waals surface area contributed by atoms with Crippen LogP contribution in [0.5, 0.6) is 0 Å². The van der Waals surface area contributed by atoms with E-state index in [2.05, 4.69) is 15.0 Å². The molecule has 0 aliphatic carbocycles. The van der Waals surface area contributed by atoms with Crippen molar-refractivity contribution in [2.24, 2.45) is 0 Å². The van der Waals surface area contributed by atoms with E-state index in [4.69, 9.17) is 0 Å². The summed E-state index contributed by atoms with van der Waals surface area (Å²) in [6.07, 6.45) is 2.35. The minimum absolute atomic E-state index is 0.198. The summed E-state index contributed by atoms with van der Waals surface area (Å²) < 4.78 is 0. The number of carbonyl (C=O) groups excluding carboxylic acids is 1. The Bertz CT molecular complexity index is 523. The van der Waals surface area contributed by atoms with Crippen LogP contribution >= 0.6 is 0 Å². The van der Waals surface area contributed by atoms with Gasteiger partial charge in [-0.1, -0.05) is 6.07 Å². The third-order valence-corrected chi connectivity index (χ3v) is 2.42. The fraction of sp³-hybridized carbons (Fsp3) is 0.167. The number of nitrogens with zero attached hydrogens (tertiary/aromatic N) is 3. The highest BCUT2D eigenvalue weighted by Crippen LogP contribution is 2.19. The molecule has 2 rings (SSSR count). The van der Waals surface area contributed by atoms with Crippen molar-refractivity contribution >= 4 is 6.29 Å². The first-order chi connectivity index (χ1) is 7.72. The van der Waals surface area contributed by atoms with Crippen molar-refractivity contribution in [2.75, 3.05) is 0 Å². The zero-order valence-electron chi connectivity index (χ0n) is 9.14. The maximum atomic E-state index is 10.7. The highest BCUT2D eigenvalue weighted by molar-refractivity contribution is 5.71. The SMILES string of the molecule is Cc1nc(C=O)nc(-c2ccccn2)c1C. The lowest BCUT2D eigenvalue weighted by molar-refractivity contribution is 0.111. The lowest BCUT2D eigenvalue weighted by atomic mass is 10.1. The summed E-state index contributed by atoms with van der Waals surface area (Å²) in [5.74, 6) is 0.198. The van der Waals surface area contributed by atoms with Gasteiger partial charge >= 0.3 is 0 Å². The number of pyridine rings is 1. The van der Waals surface area contributed by atoms with Crippen molar-refractivity contribution in [3.05, 3.63) is 41.5 Å². The van der Waals surface area contributed by atoms with Gasteiger partial charge in [-0.25, -0.2) is 9.97 Å². The highest BCUT2D eigenvalue weighted by atomic mass is 16.1. The van der Waals surface area contributed by atoms with Crippen molar-refractivity contribution < 1.29 is 4.79 Å². The molecule has 2 aromatic rings. The molecule has 4 heteroatoms. The number of aldehydes is 1. The van der Waals surface area contributed by atoms with Crippen LogP contribution in [-0.4, -0.2) is 21.2 Å². The number of aromatic nitrogens is 3. The summed E-state index contributed by atoms with van der Waals surface area (Å²) in [7, 11) is 0. The Morgan fingerprint density at radius 1 is 1.19 bits per heavy atom. The summed E-state index contributed by atoms with van der Waals surface area (Å²) in [5, 5.41) is 0. The third kappa shape index (κ3) is 1.82. The monoisotopic (exact) mass is 213 g/mol. The average Bonchev–Trinajstić information content (AvgIpc) is 2.33. The molecule has 2 heterocycles. The van der Waals surface area contributed by atoms with Gasteiger partial charge in [0.05, 0.1) is 11.4 Å². The van der Waals surface area contributed by atoms with Crippen LogP contribution in [0, 0.1) is 13.8 Å². The van der Waals surface area contributed by atoms with Crippen molar-refractivity contribution in [1.29, 1.82) is 0 Å².